The molecular formula is C18H21N3O4. The van der Waals surface area contributed by atoms with Gasteiger partial charge in [-0.3, -0.25) is 4.79 Å². The van der Waals surface area contributed by atoms with Crippen molar-refractivity contribution in [1.29, 1.82) is 0 Å². The SMILES string of the molecule is COc1ccc(-n2nc(C(=O)NC(CC3CC3)C(=O)O)cc2C)cc1. The Labute approximate surface area is 145 Å². The van der Waals surface area contributed by atoms with Crippen LogP contribution in [-0.4, -0.2) is 39.9 Å². The molecule has 1 aliphatic carbocycles. The first-order chi connectivity index (χ1) is 12.0. The molecule has 7 heteroatoms. The van der Waals surface area contributed by atoms with E-state index in [9.17, 15) is 14.7 Å². The first kappa shape index (κ1) is 17.0. The Balaban J connectivity index is 1.75. The minimum absolute atomic E-state index is 0.204. The maximum absolute atomic E-state index is 12.4. The monoisotopic (exact) mass is 343 g/mol. The van der Waals surface area contributed by atoms with E-state index < -0.39 is 17.9 Å². The Morgan fingerprint density at radius 1 is 1.36 bits per heavy atom. The van der Waals surface area contributed by atoms with Crippen LogP contribution in [-0.2, 0) is 4.79 Å². The summed E-state index contributed by atoms with van der Waals surface area (Å²) in [4.78, 5) is 23.7. The highest BCUT2D eigenvalue weighted by Crippen LogP contribution is 2.33. The van der Waals surface area contributed by atoms with Crippen LogP contribution in [0.4, 0.5) is 0 Å². The van der Waals surface area contributed by atoms with Crippen LogP contribution in [0.15, 0.2) is 30.3 Å². The molecule has 1 heterocycles. The van der Waals surface area contributed by atoms with E-state index in [-0.39, 0.29) is 5.69 Å². The molecule has 0 aliphatic heterocycles. The number of carbonyl (C=O) groups is 2. The lowest BCUT2D eigenvalue weighted by molar-refractivity contribution is -0.139. The van der Waals surface area contributed by atoms with Gasteiger partial charge in [-0.05, 0) is 49.6 Å². The summed E-state index contributed by atoms with van der Waals surface area (Å²) < 4.78 is 6.78. The van der Waals surface area contributed by atoms with E-state index in [0.717, 1.165) is 30.0 Å². The molecule has 2 N–H and O–H groups in total. The zero-order chi connectivity index (χ0) is 18.0. The lowest BCUT2D eigenvalue weighted by Crippen LogP contribution is -2.41. The summed E-state index contributed by atoms with van der Waals surface area (Å²) in [6.45, 7) is 1.84. The second-order valence-corrected chi connectivity index (χ2v) is 6.32. The van der Waals surface area contributed by atoms with Crippen molar-refractivity contribution in [3.63, 3.8) is 0 Å². The number of carbonyl (C=O) groups excluding carboxylic acids is 1. The second-order valence-electron chi connectivity index (χ2n) is 6.32. The van der Waals surface area contributed by atoms with Gasteiger partial charge >= 0.3 is 5.97 Å². The fourth-order valence-corrected chi connectivity index (χ4v) is 2.71. The van der Waals surface area contributed by atoms with E-state index in [0.29, 0.717) is 12.3 Å². The number of nitrogens with zero attached hydrogens (tertiary/aromatic N) is 2. The summed E-state index contributed by atoms with van der Waals surface area (Å²) in [7, 11) is 1.59. The van der Waals surface area contributed by atoms with Gasteiger partial charge in [-0.1, -0.05) is 12.8 Å². The third-order valence-corrected chi connectivity index (χ3v) is 4.31. The molecule has 25 heavy (non-hydrogen) atoms. The summed E-state index contributed by atoms with van der Waals surface area (Å²) in [5.74, 6) is -0.342. The zero-order valence-corrected chi connectivity index (χ0v) is 14.2. The van der Waals surface area contributed by atoms with Gasteiger partial charge in [0, 0.05) is 5.69 Å². The Morgan fingerprint density at radius 2 is 2.04 bits per heavy atom. The number of carboxylic acid groups (broad SMARTS) is 1. The average Bonchev–Trinajstić information content (AvgIpc) is 3.33. The van der Waals surface area contributed by atoms with Crippen molar-refractivity contribution in [2.45, 2.75) is 32.2 Å². The van der Waals surface area contributed by atoms with Crippen molar-refractivity contribution in [2.75, 3.05) is 7.11 Å². The number of ether oxygens (including phenoxy) is 1. The Bertz CT molecular complexity index is 778. The van der Waals surface area contributed by atoms with Crippen molar-refractivity contribution < 1.29 is 19.4 Å². The summed E-state index contributed by atoms with van der Waals surface area (Å²) in [6.07, 6.45) is 2.54. The van der Waals surface area contributed by atoms with Crippen LogP contribution in [0.5, 0.6) is 5.75 Å². The first-order valence-electron chi connectivity index (χ1n) is 8.22. The lowest BCUT2D eigenvalue weighted by Gasteiger charge is -2.12. The van der Waals surface area contributed by atoms with Crippen LogP contribution < -0.4 is 10.1 Å². The highest BCUT2D eigenvalue weighted by Gasteiger charge is 2.30. The highest BCUT2D eigenvalue weighted by molar-refractivity contribution is 5.95. The Morgan fingerprint density at radius 3 is 2.60 bits per heavy atom. The molecule has 0 spiro atoms. The van der Waals surface area contributed by atoms with Crippen LogP contribution >= 0.6 is 0 Å². The topological polar surface area (TPSA) is 93.5 Å². The van der Waals surface area contributed by atoms with Gasteiger partial charge in [0.25, 0.3) is 5.91 Å². The molecular weight excluding hydrogens is 322 g/mol. The predicted octanol–water partition coefficient (Wildman–Crippen LogP) is 2.17. The maximum atomic E-state index is 12.4. The van der Waals surface area contributed by atoms with Gasteiger partial charge in [0.2, 0.25) is 0 Å². The molecule has 1 saturated carbocycles. The molecule has 1 aliphatic rings. The largest absolute Gasteiger partial charge is 0.497 e. The van der Waals surface area contributed by atoms with Crippen molar-refractivity contribution in [3.05, 3.63) is 41.7 Å². The zero-order valence-electron chi connectivity index (χ0n) is 14.2. The molecule has 0 saturated heterocycles. The predicted molar refractivity (Wildman–Crippen MR) is 91.1 cm³/mol. The second kappa shape index (κ2) is 6.96. The molecule has 2 aromatic rings. The van der Waals surface area contributed by atoms with Crippen LogP contribution in [0, 0.1) is 12.8 Å². The minimum atomic E-state index is -1.01. The molecule has 1 amide bonds. The molecule has 1 fully saturated rings. The number of aromatic nitrogens is 2. The number of aryl methyl sites for hydroxylation is 1. The van der Waals surface area contributed by atoms with Crippen molar-refractivity contribution in [2.24, 2.45) is 5.92 Å². The van der Waals surface area contributed by atoms with E-state index in [1.807, 2.05) is 31.2 Å². The van der Waals surface area contributed by atoms with Crippen LogP contribution in [0.1, 0.15) is 35.4 Å². The number of methoxy groups -OCH3 is 1. The fourth-order valence-electron chi connectivity index (χ4n) is 2.71. The number of nitrogens with one attached hydrogen (secondary N) is 1. The number of hydrogen-bond donors (Lipinski definition) is 2. The van der Waals surface area contributed by atoms with Crippen LogP contribution in [0.3, 0.4) is 0 Å². The van der Waals surface area contributed by atoms with Gasteiger partial charge in [-0.2, -0.15) is 5.10 Å². The number of rotatable bonds is 7. The summed E-state index contributed by atoms with van der Waals surface area (Å²) in [5.41, 5.74) is 1.78. The number of hydrogen-bond acceptors (Lipinski definition) is 4. The van der Waals surface area contributed by atoms with Gasteiger partial charge in [-0.25, -0.2) is 9.48 Å². The normalized spacial score (nSPS) is 14.8. The molecule has 1 unspecified atom stereocenters. The van der Waals surface area contributed by atoms with Gasteiger partial charge < -0.3 is 15.2 Å². The van der Waals surface area contributed by atoms with Crippen molar-refractivity contribution in [3.8, 4) is 11.4 Å². The standard InChI is InChI=1S/C18H21N3O4/c1-11-9-15(17(22)19-16(18(23)24)10-12-3-4-12)20-21(11)13-5-7-14(25-2)8-6-13/h5-9,12,16H,3-4,10H2,1-2H3,(H,19,22)(H,23,24). The van der Waals surface area contributed by atoms with E-state index >= 15 is 0 Å². The fraction of sp³-hybridized carbons (Fsp3) is 0.389. The van der Waals surface area contributed by atoms with E-state index in [1.54, 1.807) is 17.9 Å². The van der Waals surface area contributed by atoms with Crippen molar-refractivity contribution in [1.82, 2.24) is 15.1 Å². The Kier molecular flexibility index (Phi) is 4.74. The van der Waals surface area contributed by atoms with Gasteiger partial charge in [0.15, 0.2) is 5.69 Å². The first-order valence-corrected chi connectivity index (χ1v) is 8.22. The van der Waals surface area contributed by atoms with Crippen LogP contribution in [0.2, 0.25) is 0 Å². The van der Waals surface area contributed by atoms with Gasteiger partial charge in [0.05, 0.1) is 12.8 Å². The molecule has 132 valence electrons. The molecule has 1 aromatic heterocycles. The summed E-state index contributed by atoms with van der Waals surface area (Å²) in [6, 6.07) is 8.08. The number of amides is 1. The molecule has 0 bridgehead atoms. The van der Waals surface area contributed by atoms with Gasteiger partial charge in [-0.15, -0.1) is 0 Å². The Hall–Kier alpha value is -2.83. The van der Waals surface area contributed by atoms with Crippen LogP contribution in [0.25, 0.3) is 5.69 Å². The molecule has 1 aromatic carbocycles. The number of carboxylic acids is 1. The maximum Gasteiger partial charge on any atom is 0.326 e. The minimum Gasteiger partial charge on any atom is -0.497 e. The number of benzene rings is 1. The molecule has 0 radical (unpaired) electrons. The lowest BCUT2D eigenvalue weighted by atomic mass is 10.1. The van der Waals surface area contributed by atoms with E-state index in [4.69, 9.17) is 4.74 Å². The number of aliphatic carboxylic acids is 1. The van der Waals surface area contributed by atoms with Crippen molar-refractivity contribution >= 4 is 11.9 Å². The quantitative estimate of drug-likeness (QED) is 0.804. The van der Waals surface area contributed by atoms with E-state index in [1.165, 1.54) is 0 Å². The smallest absolute Gasteiger partial charge is 0.326 e. The van der Waals surface area contributed by atoms with E-state index in [2.05, 4.69) is 10.4 Å². The summed E-state index contributed by atoms with van der Waals surface area (Å²) >= 11 is 0. The third-order valence-electron chi connectivity index (χ3n) is 4.31. The van der Waals surface area contributed by atoms with Gasteiger partial charge in [0.1, 0.15) is 11.8 Å². The molecule has 1 atom stereocenters. The molecule has 7 nitrogen and oxygen atoms in total. The highest BCUT2D eigenvalue weighted by atomic mass is 16.5. The summed E-state index contributed by atoms with van der Waals surface area (Å²) in [5, 5.41) is 16.2. The average molecular weight is 343 g/mol. The third kappa shape index (κ3) is 3.99. The molecule has 3 rings (SSSR count).